The van der Waals surface area contributed by atoms with Crippen LogP contribution < -0.4 is 9.67 Å². The highest BCUT2D eigenvalue weighted by Crippen LogP contribution is 1.69. The molecule has 2 N–H and O–H groups in total. The number of aryl methyl sites for hydroxylation is 1. The predicted octanol–water partition coefficient (Wildman–Crippen LogP) is -1.56. The standard InChI is InChI=1S/C5H8N2.C3H6O3/c1-2-7-4-3-6-5-7;1-2(4)3(5)6/h3-5H,2H2,1H3;2,4H,1H3,(H,5,6). The van der Waals surface area contributed by atoms with Crippen LogP contribution in [0.25, 0.3) is 0 Å². The molecule has 13 heavy (non-hydrogen) atoms. The van der Waals surface area contributed by atoms with Gasteiger partial charge in [0.05, 0.1) is 18.6 Å². The molecular weight excluding hydrogens is 172 g/mol. The van der Waals surface area contributed by atoms with E-state index in [0.717, 1.165) is 13.5 Å². The number of carbonyl (C=O) groups excluding carboxylic acids is 1. The molecular formula is C8H14N2O3. The van der Waals surface area contributed by atoms with Crippen LogP contribution in [-0.4, -0.2) is 22.2 Å². The van der Waals surface area contributed by atoms with Crippen molar-refractivity contribution >= 4 is 5.97 Å². The minimum Gasteiger partial charge on any atom is -0.547 e. The zero-order valence-corrected chi connectivity index (χ0v) is 7.73. The first-order valence-electron chi connectivity index (χ1n) is 3.98. The van der Waals surface area contributed by atoms with Crippen molar-refractivity contribution in [2.24, 2.45) is 0 Å². The number of carboxylic acids is 1. The summed E-state index contributed by atoms with van der Waals surface area (Å²) in [4.78, 5) is 12.3. The number of aliphatic hydroxyl groups is 1. The molecule has 0 saturated heterocycles. The van der Waals surface area contributed by atoms with E-state index in [4.69, 9.17) is 5.11 Å². The normalized spacial score (nSPS) is 11.3. The summed E-state index contributed by atoms with van der Waals surface area (Å²) >= 11 is 0. The second kappa shape index (κ2) is 6.19. The molecule has 0 spiro atoms. The quantitative estimate of drug-likeness (QED) is 0.548. The highest BCUT2D eigenvalue weighted by Gasteiger charge is 1.89. The van der Waals surface area contributed by atoms with Crippen molar-refractivity contribution < 1.29 is 19.6 Å². The van der Waals surface area contributed by atoms with Crippen LogP contribution in [0.5, 0.6) is 0 Å². The Hall–Kier alpha value is -1.36. The topological polar surface area (TPSA) is 80.0 Å². The molecule has 0 aliphatic heterocycles. The minimum absolute atomic E-state index is 1.05. The van der Waals surface area contributed by atoms with Gasteiger partial charge >= 0.3 is 0 Å². The molecule has 0 bridgehead atoms. The fraction of sp³-hybridized carbons (Fsp3) is 0.500. The number of aromatic amines is 1. The number of rotatable bonds is 2. The minimum atomic E-state index is -1.44. The molecule has 5 heteroatoms. The van der Waals surface area contributed by atoms with E-state index in [9.17, 15) is 9.90 Å². The third-order valence-corrected chi connectivity index (χ3v) is 1.31. The first-order chi connectivity index (χ1) is 6.07. The van der Waals surface area contributed by atoms with E-state index < -0.39 is 12.1 Å². The lowest BCUT2D eigenvalue weighted by atomic mass is 10.4. The molecule has 1 atom stereocenters. The second-order valence-corrected chi connectivity index (χ2v) is 2.44. The predicted molar refractivity (Wildman–Crippen MR) is 43.3 cm³/mol. The molecule has 0 saturated carbocycles. The van der Waals surface area contributed by atoms with Crippen molar-refractivity contribution in [1.29, 1.82) is 0 Å². The van der Waals surface area contributed by atoms with Crippen LogP contribution in [-0.2, 0) is 11.3 Å². The molecule has 0 fully saturated rings. The fourth-order valence-electron chi connectivity index (χ4n) is 0.517. The van der Waals surface area contributed by atoms with Crippen LogP contribution in [0.1, 0.15) is 13.8 Å². The molecule has 0 amide bonds. The van der Waals surface area contributed by atoms with Gasteiger partial charge in [-0.25, -0.2) is 4.57 Å². The molecule has 0 aliphatic rings. The number of hydrogen-bond acceptors (Lipinski definition) is 3. The SMILES string of the molecule is CC(O)C(=O)[O-].CC[n+]1cc[nH]c1. The van der Waals surface area contributed by atoms with Crippen molar-refractivity contribution in [3.8, 4) is 0 Å². The Morgan fingerprint density at radius 1 is 1.77 bits per heavy atom. The van der Waals surface area contributed by atoms with Crippen molar-refractivity contribution in [3.63, 3.8) is 0 Å². The van der Waals surface area contributed by atoms with E-state index in [1.165, 1.54) is 0 Å². The Labute approximate surface area is 76.7 Å². The van der Waals surface area contributed by atoms with Crippen LogP contribution >= 0.6 is 0 Å². The van der Waals surface area contributed by atoms with E-state index >= 15 is 0 Å². The number of carboxylic acid groups (broad SMARTS) is 1. The van der Waals surface area contributed by atoms with Gasteiger partial charge in [0.1, 0.15) is 12.4 Å². The van der Waals surface area contributed by atoms with Gasteiger partial charge in [-0.2, -0.15) is 0 Å². The van der Waals surface area contributed by atoms with Gasteiger partial charge in [-0.3, -0.25) is 4.98 Å². The van der Waals surface area contributed by atoms with E-state index in [2.05, 4.69) is 16.5 Å². The Balaban J connectivity index is 0.000000226. The first kappa shape index (κ1) is 11.6. The van der Waals surface area contributed by atoms with Gasteiger partial charge in [0, 0.05) is 0 Å². The summed E-state index contributed by atoms with van der Waals surface area (Å²) in [6.45, 7) is 4.28. The van der Waals surface area contributed by atoms with Crippen LogP contribution in [0.3, 0.4) is 0 Å². The molecule has 1 aromatic heterocycles. The maximum absolute atomic E-state index is 9.34. The van der Waals surface area contributed by atoms with Gasteiger partial charge in [-0.15, -0.1) is 0 Å². The average Bonchev–Trinajstić information content (AvgIpc) is 2.56. The van der Waals surface area contributed by atoms with Crippen molar-refractivity contribution in [2.45, 2.75) is 26.5 Å². The monoisotopic (exact) mass is 186 g/mol. The van der Waals surface area contributed by atoms with Crippen LogP contribution in [0, 0.1) is 0 Å². The summed E-state index contributed by atoms with van der Waals surface area (Å²) in [6, 6.07) is 0. The van der Waals surface area contributed by atoms with Crippen LogP contribution in [0.4, 0.5) is 0 Å². The maximum Gasteiger partial charge on any atom is 0.241 e. The van der Waals surface area contributed by atoms with E-state index in [1.807, 2.05) is 18.7 Å². The lowest BCUT2D eigenvalue weighted by molar-refractivity contribution is -0.692. The lowest BCUT2D eigenvalue weighted by Crippen LogP contribution is -2.32. The zero-order chi connectivity index (χ0) is 10.3. The van der Waals surface area contributed by atoms with Crippen LogP contribution in [0.2, 0.25) is 0 Å². The Kier molecular flexibility index (Phi) is 5.54. The highest BCUT2D eigenvalue weighted by atomic mass is 16.4. The lowest BCUT2D eigenvalue weighted by Gasteiger charge is -2.00. The Morgan fingerprint density at radius 3 is 2.46 bits per heavy atom. The summed E-state index contributed by atoms with van der Waals surface area (Å²) < 4.78 is 2.07. The maximum atomic E-state index is 9.34. The molecule has 0 radical (unpaired) electrons. The number of aromatic nitrogens is 2. The molecule has 1 rings (SSSR count). The van der Waals surface area contributed by atoms with Crippen molar-refractivity contribution in [2.75, 3.05) is 0 Å². The van der Waals surface area contributed by atoms with Gasteiger partial charge in [0.2, 0.25) is 6.33 Å². The van der Waals surface area contributed by atoms with E-state index in [0.29, 0.717) is 0 Å². The van der Waals surface area contributed by atoms with E-state index in [-0.39, 0.29) is 0 Å². The summed E-state index contributed by atoms with van der Waals surface area (Å²) in [5.74, 6) is -1.44. The van der Waals surface area contributed by atoms with Gasteiger partial charge in [0.25, 0.3) is 0 Å². The fourth-order valence-corrected chi connectivity index (χ4v) is 0.517. The molecule has 1 heterocycles. The smallest absolute Gasteiger partial charge is 0.241 e. The molecule has 5 nitrogen and oxygen atoms in total. The second-order valence-electron chi connectivity index (χ2n) is 2.44. The number of hydrogen-bond donors (Lipinski definition) is 2. The number of H-pyrrole nitrogens is 1. The molecule has 0 aromatic carbocycles. The number of nitrogens with one attached hydrogen (secondary N) is 1. The Morgan fingerprint density at radius 2 is 2.31 bits per heavy atom. The summed E-state index contributed by atoms with van der Waals surface area (Å²) in [5, 5.41) is 17.3. The van der Waals surface area contributed by atoms with Gasteiger partial charge in [-0.1, -0.05) is 0 Å². The average molecular weight is 186 g/mol. The largest absolute Gasteiger partial charge is 0.547 e. The summed E-state index contributed by atoms with van der Waals surface area (Å²) in [6.07, 6.45) is 4.49. The number of imidazole rings is 1. The summed E-state index contributed by atoms with van der Waals surface area (Å²) in [7, 11) is 0. The molecule has 1 unspecified atom stereocenters. The molecule has 74 valence electrons. The summed E-state index contributed by atoms with van der Waals surface area (Å²) in [5.41, 5.74) is 0. The molecule has 0 aliphatic carbocycles. The third-order valence-electron chi connectivity index (χ3n) is 1.31. The number of carbonyl (C=O) groups is 1. The number of nitrogens with zero attached hydrogens (tertiary/aromatic N) is 1. The first-order valence-corrected chi connectivity index (χ1v) is 3.98. The molecule has 1 aromatic rings. The third kappa shape index (κ3) is 5.86. The van der Waals surface area contributed by atoms with Crippen molar-refractivity contribution in [3.05, 3.63) is 18.7 Å². The zero-order valence-electron chi connectivity index (χ0n) is 7.73. The Bertz CT molecular complexity index is 232. The van der Waals surface area contributed by atoms with E-state index in [1.54, 1.807) is 0 Å². The number of aliphatic carboxylic acids is 1. The highest BCUT2D eigenvalue weighted by molar-refractivity contribution is 5.68. The van der Waals surface area contributed by atoms with Gasteiger partial charge in [0.15, 0.2) is 0 Å². The van der Waals surface area contributed by atoms with Crippen LogP contribution in [0.15, 0.2) is 18.7 Å². The van der Waals surface area contributed by atoms with Gasteiger partial charge < -0.3 is 15.0 Å². The number of aliphatic hydroxyl groups excluding tert-OH is 1. The van der Waals surface area contributed by atoms with Gasteiger partial charge in [-0.05, 0) is 13.8 Å². The van der Waals surface area contributed by atoms with Crippen molar-refractivity contribution in [1.82, 2.24) is 4.98 Å².